The van der Waals surface area contributed by atoms with Gasteiger partial charge in [0.15, 0.2) is 12.5 Å². The molecule has 7 N–H and O–H groups in total. The Morgan fingerprint density at radius 2 is 1.79 bits per heavy atom. The highest BCUT2D eigenvalue weighted by Gasteiger charge is 2.51. The van der Waals surface area contributed by atoms with Crippen molar-refractivity contribution in [2.75, 3.05) is 33.8 Å². The van der Waals surface area contributed by atoms with Crippen molar-refractivity contribution in [3.8, 4) is 0 Å². The molecule has 2 aliphatic rings. The highest BCUT2D eigenvalue weighted by atomic mass is 31.3. The van der Waals surface area contributed by atoms with Crippen molar-refractivity contribution >= 4 is 21.3 Å². The fourth-order valence-electron chi connectivity index (χ4n) is 4.22. The fraction of sp³-hybridized carbons (Fsp3) is 0.750. The lowest BCUT2D eigenvalue weighted by molar-refractivity contribution is -0.251. The molecule has 1 aromatic heterocycles. The molecule has 0 saturated carbocycles. The summed E-state index contributed by atoms with van der Waals surface area (Å²) in [4.78, 5) is 37.0. The first-order chi connectivity index (χ1) is 19.7. The number of phosphoric ester groups is 1. The minimum absolute atomic E-state index is 0.682. The molecule has 20 nitrogen and oxygen atoms in total. The van der Waals surface area contributed by atoms with Crippen LogP contribution in [0.2, 0.25) is 0 Å². The normalized spacial score (nSPS) is 34.4. The molecule has 1 aromatic rings. The molecule has 240 valence electrons. The van der Waals surface area contributed by atoms with Gasteiger partial charge in [0.05, 0.1) is 13.2 Å². The summed E-state index contributed by atoms with van der Waals surface area (Å²) in [6.45, 7) is -0.472. The lowest BCUT2D eigenvalue weighted by atomic mass is 9.97. The van der Waals surface area contributed by atoms with E-state index in [-0.39, 0.29) is 0 Å². The Bertz CT molecular complexity index is 1290. The van der Waals surface area contributed by atoms with Gasteiger partial charge in [-0.05, 0) is 0 Å². The van der Waals surface area contributed by atoms with E-state index in [0.29, 0.717) is 0 Å². The predicted octanol–water partition coefficient (Wildman–Crippen LogP) is -3.30. The number of ether oxygens (including phenoxy) is 3. The summed E-state index contributed by atoms with van der Waals surface area (Å²) in [6.07, 6.45) is -12.7. The molecule has 0 radical (unpaired) electrons. The molecule has 3 rings (SSSR count). The second-order valence-electron chi connectivity index (χ2n) is 9.07. The first-order valence-electron chi connectivity index (χ1n) is 12.2. The number of nitrogens with zero attached hydrogens (tertiary/aromatic N) is 1. The molecule has 1 amide bonds. The van der Waals surface area contributed by atoms with Crippen molar-refractivity contribution in [2.24, 2.45) is 0 Å². The van der Waals surface area contributed by atoms with E-state index in [1.165, 1.54) is 7.11 Å². The van der Waals surface area contributed by atoms with Gasteiger partial charge >= 0.3 is 21.1 Å². The van der Waals surface area contributed by atoms with Crippen LogP contribution in [-0.4, -0.2) is 124 Å². The molecule has 2 saturated heterocycles. The van der Waals surface area contributed by atoms with E-state index in [2.05, 4.69) is 5.32 Å². The number of hydrogen-bond donors (Lipinski definition) is 7. The van der Waals surface area contributed by atoms with Crippen LogP contribution in [0.5, 0.6) is 0 Å². The zero-order valence-electron chi connectivity index (χ0n) is 22.4. The summed E-state index contributed by atoms with van der Waals surface area (Å²) >= 11 is 0. The number of aliphatic hydroxyl groups is 5. The van der Waals surface area contributed by atoms with Crippen molar-refractivity contribution in [2.45, 2.75) is 62.1 Å². The van der Waals surface area contributed by atoms with Crippen LogP contribution in [0.25, 0.3) is 0 Å². The smallest absolute Gasteiger partial charge is 0.394 e. The largest absolute Gasteiger partial charge is 0.481 e. The molecule has 0 spiro atoms. The van der Waals surface area contributed by atoms with Crippen molar-refractivity contribution in [3.63, 3.8) is 0 Å². The van der Waals surface area contributed by atoms with Crippen LogP contribution in [0.1, 0.15) is 13.2 Å². The molecule has 2 fully saturated rings. The Hall–Kier alpha value is -1.87. The van der Waals surface area contributed by atoms with Gasteiger partial charge in [0.25, 0.3) is 5.56 Å². The number of carbonyl (C=O) groups excluding carboxylic acids is 1. The van der Waals surface area contributed by atoms with Gasteiger partial charge in [0, 0.05) is 33.4 Å². The van der Waals surface area contributed by atoms with E-state index >= 15 is 0 Å². The molecule has 3 heterocycles. The first kappa shape index (κ1) is 34.6. The third-order valence-electron chi connectivity index (χ3n) is 6.24. The number of aromatic nitrogens is 2. The van der Waals surface area contributed by atoms with Crippen LogP contribution in [0.15, 0.2) is 21.9 Å². The average molecular weight is 649 g/mol. The number of phosphoric acid groups is 1. The Kier molecular flexibility index (Phi) is 11.8. The number of methoxy groups -OCH3 is 1. The summed E-state index contributed by atoms with van der Waals surface area (Å²) in [5.74, 6) is -0.682. The standard InChI is InChI=1S/C20H33N3O17P2/c1-9(26)21-13-15(29)17(34-2)10(6-24)38-19(13)39-41(32,8-25)40-42(33,35-3)36-7-11-14(28)16(30)18(37-11)23-5-4-12(27)22-20(23)31/h4-5,10-11,13-19,24-25,28-30H,6-8H2,1-3H3,(H,21,26)(H,22,27,31). The van der Waals surface area contributed by atoms with Crippen LogP contribution >= 0.6 is 15.4 Å². The van der Waals surface area contributed by atoms with Gasteiger partial charge in [-0.3, -0.25) is 37.3 Å². The summed E-state index contributed by atoms with van der Waals surface area (Å²) < 4.78 is 63.3. The SMILES string of the molecule is COC1C(CO)OC(OP(=O)(CO)OP(=O)(OC)OCC2OC(n3ccc(=O)[nH]c3=O)C(O)C2O)C(NC(C)=O)C1O. The Morgan fingerprint density at radius 1 is 1.10 bits per heavy atom. The highest BCUT2D eigenvalue weighted by Crippen LogP contribution is 2.65. The van der Waals surface area contributed by atoms with Gasteiger partial charge in [0.1, 0.15) is 49.0 Å². The molecule has 0 aliphatic carbocycles. The topological polar surface area (TPSA) is 284 Å². The monoisotopic (exact) mass is 649 g/mol. The predicted molar refractivity (Wildman–Crippen MR) is 135 cm³/mol. The lowest BCUT2D eigenvalue weighted by Gasteiger charge is -2.43. The number of nitrogens with one attached hydrogen (secondary N) is 2. The molecular weight excluding hydrogens is 616 g/mol. The number of hydrogen-bond acceptors (Lipinski definition) is 17. The molecule has 0 bridgehead atoms. The molecule has 42 heavy (non-hydrogen) atoms. The fourth-order valence-corrected chi connectivity index (χ4v) is 7.26. The maximum atomic E-state index is 13.3. The molecule has 2 aliphatic heterocycles. The van der Waals surface area contributed by atoms with Crippen LogP contribution in [0.3, 0.4) is 0 Å². The van der Waals surface area contributed by atoms with E-state index < -0.39 is 107 Å². The van der Waals surface area contributed by atoms with Crippen molar-refractivity contribution in [1.29, 1.82) is 0 Å². The maximum Gasteiger partial charge on any atom is 0.481 e. The van der Waals surface area contributed by atoms with Gasteiger partial charge < -0.3 is 45.1 Å². The van der Waals surface area contributed by atoms with Gasteiger partial charge in [-0.15, -0.1) is 0 Å². The first-order valence-corrected chi connectivity index (χ1v) is 15.4. The Balaban J connectivity index is 1.75. The quantitative estimate of drug-likeness (QED) is 0.103. The zero-order chi connectivity index (χ0) is 31.4. The minimum atomic E-state index is -4.94. The molecule has 11 unspecified atom stereocenters. The van der Waals surface area contributed by atoms with E-state index in [0.717, 1.165) is 30.9 Å². The average Bonchev–Trinajstić information content (AvgIpc) is 3.22. The second kappa shape index (κ2) is 14.3. The van der Waals surface area contributed by atoms with E-state index in [1.807, 2.05) is 4.98 Å². The minimum Gasteiger partial charge on any atom is -0.394 e. The van der Waals surface area contributed by atoms with Crippen molar-refractivity contribution < 1.29 is 71.5 Å². The molecule has 22 heteroatoms. The van der Waals surface area contributed by atoms with Gasteiger partial charge in [-0.1, -0.05) is 0 Å². The van der Waals surface area contributed by atoms with Gasteiger partial charge in [-0.2, -0.15) is 0 Å². The number of aromatic amines is 1. The Morgan fingerprint density at radius 3 is 2.33 bits per heavy atom. The van der Waals surface area contributed by atoms with E-state index in [9.17, 15) is 49.0 Å². The van der Waals surface area contributed by atoms with Crippen molar-refractivity contribution in [1.82, 2.24) is 14.9 Å². The van der Waals surface area contributed by atoms with E-state index in [4.69, 9.17) is 32.1 Å². The number of carbonyl (C=O) groups is 1. The summed E-state index contributed by atoms with van der Waals surface area (Å²) in [6, 6.07) is -0.505. The molecule has 0 aromatic carbocycles. The number of amides is 1. The van der Waals surface area contributed by atoms with Gasteiger partial charge in [-0.25, -0.2) is 13.7 Å². The van der Waals surface area contributed by atoms with E-state index in [1.54, 1.807) is 0 Å². The van der Waals surface area contributed by atoms with Crippen LogP contribution < -0.4 is 16.6 Å². The zero-order valence-corrected chi connectivity index (χ0v) is 24.2. The van der Waals surface area contributed by atoms with Crippen LogP contribution in [0, 0.1) is 0 Å². The Labute approximate surface area is 237 Å². The third-order valence-corrected chi connectivity index (χ3v) is 9.82. The molecule has 11 atom stereocenters. The second-order valence-corrected chi connectivity index (χ2v) is 13.0. The molecular formula is C20H33N3O17P2. The lowest BCUT2D eigenvalue weighted by Crippen LogP contribution is -2.64. The van der Waals surface area contributed by atoms with Crippen LogP contribution in [-0.2, 0) is 46.0 Å². The summed E-state index contributed by atoms with van der Waals surface area (Å²) in [5, 5.41) is 53.2. The summed E-state index contributed by atoms with van der Waals surface area (Å²) in [5.41, 5.74) is -1.68. The van der Waals surface area contributed by atoms with Crippen molar-refractivity contribution in [3.05, 3.63) is 33.1 Å². The number of rotatable bonds is 13. The van der Waals surface area contributed by atoms with Crippen LogP contribution in [0.4, 0.5) is 0 Å². The third kappa shape index (κ3) is 7.79. The number of aliphatic hydroxyl groups excluding tert-OH is 5. The maximum absolute atomic E-state index is 13.3. The number of H-pyrrole nitrogens is 1. The summed E-state index contributed by atoms with van der Waals surface area (Å²) in [7, 11) is -7.85. The highest BCUT2D eigenvalue weighted by molar-refractivity contribution is 7.64. The van der Waals surface area contributed by atoms with Gasteiger partial charge in [0.2, 0.25) is 5.91 Å².